The van der Waals surface area contributed by atoms with Crippen molar-refractivity contribution in [3.05, 3.63) is 94.1 Å². The number of benzene rings is 3. The summed E-state index contributed by atoms with van der Waals surface area (Å²) in [6, 6.07) is 22.6. The fraction of sp³-hybridized carbons (Fsp3) is 0.0833. The number of hydrogen-bond acceptors (Lipinski definition) is 4. The summed E-state index contributed by atoms with van der Waals surface area (Å²) in [6.07, 6.45) is 1.74. The standard InChI is InChI=1S/C24H19BrN2O3/c1-29-18-13-12-16(22(15-18)30-2)14-21-24(28)27(17-8-4-3-5-9-17)23(26-21)19-10-6-7-11-20(19)25/h3-15H,1-2H3/b21-14+. The van der Waals surface area contributed by atoms with Crippen molar-refractivity contribution in [3.8, 4) is 11.5 Å². The molecule has 0 atom stereocenters. The number of amides is 1. The third-order valence-corrected chi connectivity index (χ3v) is 5.41. The van der Waals surface area contributed by atoms with E-state index in [0.717, 1.165) is 21.3 Å². The van der Waals surface area contributed by atoms with Crippen LogP contribution in [0.2, 0.25) is 0 Å². The normalized spacial score (nSPS) is 14.8. The average Bonchev–Trinajstić information content (AvgIpc) is 3.10. The van der Waals surface area contributed by atoms with E-state index in [1.165, 1.54) is 0 Å². The highest BCUT2D eigenvalue weighted by Crippen LogP contribution is 2.32. The molecule has 0 bridgehead atoms. The third kappa shape index (κ3) is 3.74. The van der Waals surface area contributed by atoms with Crippen molar-refractivity contribution in [2.45, 2.75) is 0 Å². The van der Waals surface area contributed by atoms with Gasteiger partial charge in [0.25, 0.3) is 5.91 Å². The van der Waals surface area contributed by atoms with Gasteiger partial charge in [-0.3, -0.25) is 9.69 Å². The van der Waals surface area contributed by atoms with Gasteiger partial charge in [-0.2, -0.15) is 0 Å². The summed E-state index contributed by atoms with van der Waals surface area (Å²) >= 11 is 3.58. The Morgan fingerprint density at radius 3 is 2.37 bits per heavy atom. The molecule has 3 aromatic rings. The number of halogens is 1. The summed E-state index contributed by atoms with van der Waals surface area (Å²) < 4.78 is 11.6. The van der Waals surface area contributed by atoms with Gasteiger partial charge in [0, 0.05) is 21.7 Å². The minimum absolute atomic E-state index is 0.204. The van der Waals surface area contributed by atoms with Crippen LogP contribution in [-0.4, -0.2) is 26.0 Å². The van der Waals surface area contributed by atoms with Crippen LogP contribution in [0.5, 0.6) is 11.5 Å². The first kappa shape index (κ1) is 19.9. The fourth-order valence-corrected chi connectivity index (χ4v) is 3.70. The molecule has 3 aromatic carbocycles. The molecule has 0 saturated carbocycles. The van der Waals surface area contributed by atoms with Crippen LogP contribution in [0, 0.1) is 0 Å². The molecule has 1 aliphatic heterocycles. The molecule has 1 heterocycles. The van der Waals surface area contributed by atoms with E-state index in [4.69, 9.17) is 14.5 Å². The Hall–Kier alpha value is -3.38. The monoisotopic (exact) mass is 462 g/mol. The number of hydrogen-bond donors (Lipinski definition) is 0. The van der Waals surface area contributed by atoms with Gasteiger partial charge in [-0.1, -0.05) is 52.3 Å². The third-order valence-electron chi connectivity index (χ3n) is 4.72. The zero-order valence-corrected chi connectivity index (χ0v) is 18.1. The first-order chi connectivity index (χ1) is 14.6. The van der Waals surface area contributed by atoms with E-state index in [2.05, 4.69) is 15.9 Å². The number of methoxy groups -OCH3 is 2. The van der Waals surface area contributed by atoms with Crippen LogP contribution >= 0.6 is 15.9 Å². The van der Waals surface area contributed by atoms with Crippen LogP contribution in [0.1, 0.15) is 11.1 Å². The van der Waals surface area contributed by atoms with Crippen molar-refractivity contribution in [3.63, 3.8) is 0 Å². The van der Waals surface area contributed by atoms with Crippen LogP contribution < -0.4 is 14.4 Å². The Morgan fingerprint density at radius 2 is 1.67 bits per heavy atom. The molecule has 0 fully saturated rings. The summed E-state index contributed by atoms with van der Waals surface area (Å²) in [7, 11) is 3.18. The van der Waals surface area contributed by atoms with E-state index >= 15 is 0 Å². The number of amidine groups is 1. The lowest BCUT2D eigenvalue weighted by Gasteiger charge is -2.19. The maximum absolute atomic E-state index is 13.4. The number of carbonyl (C=O) groups is 1. The van der Waals surface area contributed by atoms with Crippen molar-refractivity contribution in [2.75, 3.05) is 19.1 Å². The van der Waals surface area contributed by atoms with Gasteiger partial charge < -0.3 is 9.47 Å². The van der Waals surface area contributed by atoms with Crippen LogP contribution in [-0.2, 0) is 4.79 Å². The second-order valence-corrected chi connectivity index (χ2v) is 7.38. The highest BCUT2D eigenvalue weighted by atomic mass is 79.9. The smallest absolute Gasteiger partial charge is 0.282 e. The van der Waals surface area contributed by atoms with Crippen molar-refractivity contribution < 1.29 is 14.3 Å². The predicted molar refractivity (Wildman–Crippen MR) is 122 cm³/mol. The summed E-state index contributed by atoms with van der Waals surface area (Å²) in [5.41, 5.74) is 2.65. The highest BCUT2D eigenvalue weighted by Gasteiger charge is 2.33. The Labute approximate surface area is 183 Å². The predicted octanol–water partition coefficient (Wildman–Crippen LogP) is 5.30. The van der Waals surface area contributed by atoms with Crippen LogP contribution in [0.3, 0.4) is 0 Å². The van der Waals surface area contributed by atoms with E-state index in [-0.39, 0.29) is 5.91 Å². The van der Waals surface area contributed by atoms with Gasteiger partial charge in [0.1, 0.15) is 23.0 Å². The van der Waals surface area contributed by atoms with E-state index in [0.29, 0.717) is 23.0 Å². The quantitative estimate of drug-likeness (QED) is 0.483. The first-order valence-electron chi connectivity index (χ1n) is 9.29. The number of aliphatic imine (C=N–C) groups is 1. The molecule has 4 rings (SSSR count). The van der Waals surface area contributed by atoms with E-state index in [1.54, 1.807) is 31.3 Å². The number of anilines is 1. The summed E-state index contributed by atoms with van der Waals surface area (Å²) in [5.74, 6) is 1.64. The molecular weight excluding hydrogens is 444 g/mol. The highest BCUT2D eigenvalue weighted by molar-refractivity contribution is 9.10. The molecule has 5 nitrogen and oxygen atoms in total. The van der Waals surface area contributed by atoms with Crippen molar-refractivity contribution in [1.82, 2.24) is 0 Å². The summed E-state index contributed by atoms with van der Waals surface area (Å²) in [6.45, 7) is 0. The van der Waals surface area contributed by atoms with Gasteiger partial charge in [0.15, 0.2) is 0 Å². The van der Waals surface area contributed by atoms with Gasteiger partial charge in [0.05, 0.1) is 19.9 Å². The second-order valence-electron chi connectivity index (χ2n) is 6.53. The average molecular weight is 463 g/mol. The zero-order chi connectivity index (χ0) is 21.1. The Kier molecular flexibility index (Phi) is 5.68. The van der Waals surface area contributed by atoms with Gasteiger partial charge in [0.2, 0.25) is 0 Å². The van der Waals surface area contributed by atoms with Crippen molar-refractivity contribution in [1.29, 1.82) is 0 Å². The molecule has 0 saturated heterocycles. The molecule has 0 radical (unpaired) electrons. The molecule has 150 valence electrons. The molecule has 0 N–H and O–H groups in total. The SMILES string of the molecule is COc1ccc(/C=C2/N=C(c3ccccc3Br)N(c3ccccc3)C2=O)c(OC)c1. The van der Waals surface area contributed by atoms with Gasteiger partial charge >= 0.3 is 0 Å². The van der Waals surface area contributed by atoms with Gasteiger partial charge in [-0.15, -0.1) is 0 Å². The lowest BCUT2D eigenvalue weighted by molar-refractivity contribution is -0.113. The Balaban J connectivity index is 1.85. The first-order valence-corrected chi connectivity index (χ1v) is 10.1. The molecule has 0 aliphatic carbocycles. The molecule has 6 heteroatoms. The van der Waals surface area contributed by atoms with Crippen LogP contribution in [0.15, 0.2) is 88.0 Å². The fourth-order valence-electron chi connectivity index (χ4n) is 3.24. The summed E-state index contributed by atoms with van der Waals surface area (Å²) in [4.78, 5) is 19.7. The topological polar surface area (TPSA) is 51.1 Å². The Morgan fingerprint density at radius 1 is 0.933 bits per heavy atom. The lowest BCUT2D eigenvalue weighted by Crippen LogP contribution is -2.32. The molecule has 0 unspecified atom stereocenters. The largest absolute Gasteiger partial charge is 0.497 e. The number of rotatable bonds is 5. The minimum atomic E-state index is -0.204. The molecule has 0 spiro atoms. The molecule has 0 aromatic heterocycles. The van der Waals surface area contributed by atoms with Crippen LogP contribution in [0.4, 0.5) is 5.69 Å². The second kappa shape index (κ2) is 8.55. The Bertz CT molecular complexity index is 1160. The maximum atomic E-state index is 13.4. The zero-order valence-electron chi connectivity index (χ0n) is 16.5. The van der Waals surface area contributed by atoms with Gasteiger partial charge in [-0.05, 0) is 36.4 Å². The molecule has 1 aliphatic rings. The van der Waals surface area contributed by atoms with E-state index in [1.807, 2.05) is 66.7 Å². The van der Waals surface area contributed by atoms with Crippen molar-refractivity contribution in [2.24, 2.45) is 4.99 Å². The van der Waals surface area contributed by atoms with Gasteiger partial charge in [-0.25, -0.2) is 4.99 Å². The minimum Gasteiger partial charge on any atom is -0.497 e. The maximum Gasteiger partial charge on any atom is 0.282 e. The van der Waals surface area contributed by atoms with Crippen LogP contribution in [0.25, 0.3) is 6.08 Å². The lowest BCUT2D eigenvalue weighted by atomic mass is 10.1. The number of ether oxygens (including phenoxy) is 2. The van der Waals surface area contributed by atoms with E-state index in [9.17, 15) is 4.79 Å². The van der Waals surface area contributed by atoms with E-state index < -0.39 is 0 Å². The van der Waals surface area contributed by atoms with Crippen molar-refractivity contribution >= 4 is 39.4 Å². The number of para-hydroxylation sites is 1. The number of carbonyl (C=O) groups excluding carboxylic acids is 1. The molecule has 30 heavy (non-hydrogen) atoms. The number of nitrogens with zero attached hydrogens (tertiary/aromatic N) is 2. The summed E-state index contributed by atoms with van der Waals surface area (Å²) in [5, 5.41) is 0. The molecular formula is C24H19BrN2O3. The molecule has 1 amide bonds.